The number of nitrogens with one attached hydrogen (secondary N) is 2. The van der Waals surface area contributed by atoms with E-state index in [0.29, 0.717) is 19.1 Å². The molecule has 28 heavy (non-hydrogen) atoms. The van der Waals surface area contributed by atoms with Crippen molar-refractivity contribution in [1.82, 2.24) is 10.6 Å². The highest BCUT2D eigenvalue weighted by Gasteiger charge is 2.13. The highest BCUT2D eigenvalue weighted by Crippen LogP contribution is 2.28. The lowest BCUT2D eigenvalue weighted by Gasteiger charge is -2.21. The molecule has 1 unspecified atom stereocenters. The van der Waals surface area contributed by atoms with E-state index in [1.807, 2.05) is 32.0 Å². The highest BCUT2D eigenvalue weighted by molar-refractivity contribution is 14.0. The van der Waals surface area contributed by atoms with E-state index in [9.17, 15) is 0 Å². The van der Waals surface area contributed by atoms with Gasteiger partial charge in [0.05, 0.1) is 26.4 Å². The predicted molar refractivity (Wildman–Crippen MR) is 127 cm³/mol. The Bertz CT molecular complexity index is 568. The van der Waals surface area contributed by atoms with Crippen LogP contribution in [0.3, 0.4) is 0 Å². The van der Waals surface area contributed by atoms with Crippen LogP contribution in [0.1, 0.15) is 46.6 Å². The Morgan fingerprint density at radius 3 is 2.39 bits per heavy atom. The van der Waals surface area contributed by atoms with Crippen LogP contribution in [0.25, 0.3) is 0 Å². The van der Waals surface area contributed by atoms with E-state index >= 15 is 0 Å². The average molecular weight is 507 g/mol. The minimum absolute atomic E-state index is 0. The smallest absolute Gasteiger partial charge is 0.191 e. The van der Waals surface area contributed by atoms with Gasteiger partial charge in [-0.1, -0.05) is 19.9 Å². The Hall–Kier alpha value is -1.22. The Balaban J connectivity index is 0.00000729. The lowest BCUT2D eigenvalue weighted by atomic mass is 10.0. The summed E-state index contributed by atoms with van der Waals surface area (Å²) >= 11 is 0. The predicted octanol–water partition coefficient (Wildman–Crippen LogP) is 4.22. The minimum atomic E-state index is 0. The zero-order valence-electron chi connectivity index (χ0n) is 18.2. The molecule has 0 aromatic heterocycles. The van der Waals surface area contributed by atoms with Gasteiger partial charge in [-0.3, -0.25) is 0 Å². The van der Waals surface area contributed by atoms with Gasteiger partial charge in [0.15, 0.2) is 17.5 Å². The second kappa shape index (κ2) is 15.7. The molecule has 0 bridgehead atoms. The van der Waals surface area contributed by atoms with Crippen molar-refractivity contribution in [3.63, 3.8) is 0 Å². The molecular formula is C21H38IN3O3. The van der Waals surface area contributed by atoms with Crippen molar-refractivity contribution in [3.05, 3.63) is 23.8 Å². The summed E-state index contributed by atoms with van der Waals surface area (Å²) in [5.74, 6) is 2.81. The first-order chi connectivity index (χ1) is 13.0. The molecule has 0 spiro atoms. The summed E-state index contributed by atoms with van der Waals surface area (Å²) in [5, 5.41) is 6.69. The topological polar surface area (TPSA) is 64.1 Å². The molecule has 0 aliphatic heterocycles. The molecule has 0 aliphatic rings. The van der Waals surface area contributed by atoms with Gasteiger partial charge in [0.25, 0.3) is 0 Å². The average Bonchev–Trinajstić information content (AvgIpc) is 2.65. The fourth-order valence-corrected chi connectivity index (χ4v) is 2.76. The van der Waals surface area contributed by atoms with Crippen molar-refractivity contribution in [2.45, 2.75) is 53.7 Å². The standard InChI is InChI=1S/C21H37N3O3.HI/c1-7-22-21(23-13-12-18(16(4)5)26-8-2)24-15-17-10-11-19(25-6)20(14-17)27-9-3;/h10-11,14,16,18H,7-9,12-13,15H2,1-6H3,(H2,22,23,24);1H. The molecule has 7 heteroatoms. The number of halogens is 1. The SMILES string of the molecule is CCNC(=NCc1ccc(OC)c(OCC)c1)NCCC(OCC)C(C)C.I. The third-order valence-electron chi connectivity index (χ3n) is 4.14. The van der Waals surface area contributed by atoms with Crippen molar-refractivity contribution in [2.24, 2.45) is 10.9 Å². The number of benzene rings is 1. The van der Waals surface area contributed by atoms with Crippen LogP contribution in [0.15, 0.2) is 23.2 Å². The van der Waals surface area contributed by atoms with Crippen LogP contribution < -0.4 is 20.1 Å². The van der Waals surface area contributed by atoms with Crippen molar-refractivity contribution in [1.29, 1.82) is 0 Å². The van der Waals surface area contributed by atoms with Crippen molar-refractivity contribution in [3.8, 4) is 11.5 Å². The monoisotopic (exact) mass is 507 g/mol. The van der Waals surface area contributed by atoms with Gasteiger partial charge < -0.3 is 24.8 Å². The number of guanidine groups is 1. The van der Waals surface area contributed by atoms with Crippen LogP contribution >= 0.6 is 24.0 Å². The number of hydrogen-bond donors (Lipinski definition) is 2. The molecular weight excluding hydrogens is 469 g/mol. The number of methoxy groups -OCH3 is 1. The van der Waals surface area contributed by atoms with Crippen LogP contribution in [0.5, 0.6) is 11.5 Å². The second-order valence-corrected chi connectivity index (χ2v) is 6.57. The van der Waals surface area contributed by atoms with E-state index < -0.39 is 0 Å². The number of ether oxygens (including phenoxy) is 3. The van der Waals surface area contributed by atoms with Crippen molar-refractivity contribution >= 4 is 29.9 Å². The first kappa shape index (κ1) is 26.8. The molecule has 0 fully saturated rings. The van der Waals surface area contributed by atoms with Gasteiger partial charge in [-0.05, 0) is 50.8 Å². The van der Waals surface area contributed by atoms with Crippen LogP contribution in [-0.4, -0.2) is 45.5 Å². The second-order valence-electron chi connectivity index (χ2n) is 6.57. The molecule has 1 aromatic carbocycles. The third-order valence-corrected chi connectivity index (χ3v) is 4.14. The van der Waals surface area contributed by atoms with Crippen LogP contribution in [-0.2, 0) is 11.3 Å². The number of aliphatic imine (C=N–C) groups is 1. The van der Waals surface area contributed by atoms with Gasteiger partial charge in [0, 0.05) is 19.7 Å². The minimum Gasteiger partial charge on any atom is -0.493 e. The maximum absolute atomic E-state index is 5.81. The van der Waals surface area contributed by atoms with Gasteiger partial charge >= 0.3 is 0 Å². The molecule has 162 valence electrons. The molecule has 0 saturated carbocycles. The summed E-state index contributed by atoms with van der Waals surface area (Å²) in [6.45, 7) is 14.0. The Morgan fingerprint density at radius 1 is 1.07 bits per heavy atom. The first-order valence-electron chi connectivity index (χ1n) is 9.99. The fraction of sp³-hybridized carbons (Fsp3) is 0.667. The number of hydrogen-bond acceptors (Lipinski definition) is 4. The molecule has 1 rings (SSSR count). The molecule has 0 aliphatic carbocycles. The molecule has 0 radical (unpaired) electrons. The lowest BCUT2D eigenvalue weighted by Crippen LogP contribution is -2.39. The molecule has 2 N–H and O–H groups in total. The fourth-order valence-electron chi connectivity index (χ4n) is 2.76. The van der Waals surface area contributed by atoms with Gasteiger partial charge in [-0.2, -0.15) is 0 Å². The van der Waals surface area contributed by atoms with E-state index in [4.69, 9.17) is 14.2 Å². The first-order valence-corrected chi connectivity index (χ1v) is 9.99. The summed E-state index contributed by atoms with van der Waals surface area (Å²) in [6, 6.07) is 5.92. The van der Waals surface area contributed by atoms with Gasteiger partial charge in [-0.25, -0.2) is 4.99 Å². The summed E-state index contributed by atoms with van der Waals surface area (Å²) < 4.78 is 16.8. The summed E-state index contributed by atoms with van der Waals surface area (Å²) in [5.41, 5.74) is 1.07. The van der Waals surface area contributed by atoms with Crippen LogP contribution in [0.2, 0.25) is 0 Å². The molecule has 1 aromatic rings. The normalized spacial score (nSPS) is 12.3. The molecule has 0 heterocycles. The molecule has 1 atom stereocenters. The molecule has 6 nitrogen and oxygen atoms in total. The quantitative estimate of drug-likeness (QED) is 0.252. The van der Waals surface area contributed by atoms with Crippen LogP contribution in [0, 0.1) is 5.92 Å². The Labute approximate surface area is 187 Å². The molecule has 0 amide bonds. The molecule has 0 saturated heterocycles. The number of rotatable bonds is 12. The zero-order valence-corrected chi connectivity index (χ0v) is 20.5. The van der Waals surface area contributed by atoms with E-state index in [2.05, 4.69) is 36.4 Å². The van der Waals surface area contributed by atoms with Crippen molar-refractivity contribution < 1.29 is 14.2 Å². The van der Waals surface area contributed by atoms with E-state index in [1.54, 1.807) is 7.11 Å². The summed E-state index contributed by atoms with van der Waals surface area (Å²) in [7, 11) is 1.65. The Kier molecular flexibility index (Phi) is 15.0. The van der Waals surface area contributed by atoms with Gasteiger partial charge in [0.1, 0.15) is 0 Å². The number of nitrogens with zero attached hydrogens (tertiary/aromatic N) is 1. The summed E-state index contributed by atoms with van der Waals surface area (Å²) in [4.78, 5) is 4.69. The largest absolute Gasteiger partial charge is 0.493 e. The highest BCUT2D eigenvalue weighted by atomic mass is 127. The maximum Gasteiger partial charge on any atom is 0.191 e. The Morgan fingerprint density at radius 2 is 1.82 bits per heavy atom. The zero-order chi connectivity index (χ0) is 20.1. The van der Waals surface area contributed by atoms with E-state index in [0.717, 1.165) is 49.1 Å². The maximum atomic E-state index is 5.81. The van der Waals surface area contributed by atoms with E-state index in [-0.39, 0.29) is 30.1 Å². The van der Waals surface area contributed by atoms with Crippen LogP contribution in [0.4, 0.5) is 0 Å². The van der Waals surface area contributed by atoms with Gasteiger partial charge in [-0.15, -0.1) is 24.0 Å². The van der Waals surface area contributed by atoms with Crippen molar-refractivity contribution in [2.75, 3.05) is 33.4 Å². The van der Waals surface area contributed by atoms with Gasteiger partial charge in [0.2, 0.25) is 0 Å². The third kappa shape index (κ3) is 9.82. The lowest BCUT2D eigenvalue weighted by molar-refractivity contribution is 0.0258. The van der Waals surface area contributed by atoms with E-state index in [1.165, 1.54) is 0 Å². The summed E-state index contributed by atoms with van der Waals surface area (Å²) in [6.07, 6.45) is 1.22.